The van der Waals surface area contributed by atoms with Crippen LogP contribution in [0.3, 0.4) is 0 Å². The summed E-state index contributed by atoms with van der Waals surface area (Å²) in [6.45, 7) is 4.26. The van der Waals surface area contributed by atoms with Gasteiger partial charge in [0.25, 0.3) is 0 Å². The van der Waals surface area contributed by atoms with Crippen LogP contribution in [0.25, 0.3) is 0 Å². The summed E-state index contributed by atoms with van der Waals surface area (Å²) in [7, 11) is 0. The summed E-state index contributed by atoms with van der Waals surface area (Å²) in [4.78, 5) is 0. The van der Waals surface area contributed by atoms with E-state index < -0.39 is 0 Å². The zero-order valence-electron chi connectivity index (χ0n) is 9.71. The summed E-state index contributed by atoms with van der Waals surface area (Å²) < 4.78 is 6.05. The van der Waals surface area contributed by atoms with E-state index in [4.69, 9.17) is 10.00 Å². The molecular formula is C14H15NO. The topological polar surface area (TPSA) is 33.0 Å². The molecule has 0 saturated carbocycles. The van der Waals surface area contributed by atoms with Crippen molar-refractivity contribution in [2.24, 2.45) is 0 Å². The van der Waals surface area contributed by atoms with Crippen LogP contribution in [0.1, 0.15) is 44.2 Å². The smallest absolute Gasteiger partial charge is 0.125 e. The lowest BCUT2D eigenvalue weighted by molar-refractivity contribution is 0.0508. The van der Waals surface area contributed by atoms with Crippen molar-refractivity contribution >= 4 is 0 Å². The Morgan fingerprint density at radius 2 is 2.19 bits per heavy atom. The Hall–Kier alpha value is -1.49. The van der Waals surface area contributed by atoms with E-state index >= 15 is 0 Å². The summed E-state index contributed by atoms with van der Waals surface area (Å²) in [6, 6.07) is 7.76. The Kier molecular flexibility index (Phi) is 2.87. The van der Waals surface area contributed by atoms with Crippen LogP contribution in [-0.2, 0) is 0 Å². The Balaban J connectivity index is 2.39. The molecule has 0 atom stereocenters. The molecule has 0 spiro atoms. The first-order valence-corrected chi connectivity index (χ1v) is 5.70. The molecule has 1 heterocycles. The van der Waals surface area contributed by atoms with Gasteiger partial charge in [-0.3, -0.25) is 0 Å². The second-order valence-electron chi connectivity index (χ2n) is 4.14. The first kappa shape index (κ1) is 11.0. The van der Waals surface area contributed by atoms with E-state index in [-0.39, 0.29) is 5.60 Å². The van der Waals surface area contributed by atoms with Gasteiger partial charge in [-0.1, -0.05) is 19.9 Å². The fourth-order valence-electron chi connectivity index (χ4n) is 2.05. The van der Waals surface area contributed by atoms with Crippen LogP contribution < -0.4 is 4.74 Å². The van der Waals surface area contributed by atoms with Crippen LogP contribution >= 0.6 is 0 Å². The average molecular weight is 213 g/mol. The minimum absolute atomic E-state index is 0.124. The third-order valence-corrected chi connectivity index (χ3v) is 3.35. The highest BCUT2D eigenvalue weighted by Gasteiger charge is 2.34. The van der Waals surface area contributed by atoms with Gasteiger partial charge in [-0.25, -0.2) is 0 Å². The van der Waals surface area contributed by atoms with Gasteiger partial charge in [0, 0.05) is 12.0 Å². The van der Waals surface area contributed by atoms with Gasteiger partial charge in [0.2, 0.25) is 0 Å². The van der Waals surface area contributed by atoms with E-state index in [0.717, 1.165) is 30.6 Å². The largest absolute Gasteiger partial charge is 0.487 e. The van der Waals surface area contributed by atoms with Gasteiger partial charge in [-0.2, -0.15) is 5.26 Å². The maximum atomic E-state index is 8.99. The number of nitriles is 1. The molecule has 0 unspecified atom stereocenters. The second kappa shape index (κ2) is 4.17. The normalized spacial score (nSPS) is 17.1. The van der Waals surface area contributed by atoms with Crippen LogP contribution in [0.2, 0.25) is 0 Å². The molecule has 0 saturated heterocycles. The zero-order valence-corrected chi connectivity index (χ0v) is 9.71. The number of fused-ring (bicyclic) bond motifs is 1. The van der Waals surface area contributed by atoms with Crippen molar-refractivity contribution in [3.8, 4) is 11.8 Å². The molecule has 82 valence electrons. The average Bonchev–Trinajstić information content (AvgIpc) is 2.37. The molecule has 2 rings (SSSR count). The highest BCUT2D eigenvalue weighted by Crippen LogP contribution is 2.39. The van der Waals surface area contributed by atoms with Gasteiger partial charge in [-0.05, 0) is 31.4 Å². The second-order valence-corrected chi connectivity index (χ2v) is 4.14. The molecule has 0 bridgehead atoms. The molecule has 0 aromatic heterocycles. The molecular weight excluding hydrogens is 198 g/mol. The van der Waals surface area contributed by atoms with E-state index in [1.165, 1.54) is 0 Å². The van der Waals surface area contributed by atoms with Crippen LogP contribution in [0.15, 0.2) is 18.2 Å². The first-order valence-electron chi connectivity index (χ1n) is 5.70. The van der Waals surface area contributed by atoms with Gasteiger partial charge in [-0.15, -0.1) is 0 Å². The SMILES string of the molecule is CCC1(CC)C[C]c2c(C#N)cccc2O1. The minimum atomic E-state index is -0.124. The molecule has 0 N–H and O–H groups in total. The Morgan fingerprint density at radius 1 is 1.44 bits per heavy atom. The molecule has 2 nitrogen and oxygen atoms in total. The third kappa shape index (κ3) is 1.67. The van der Waals surface area contributed by atoms with Gasteiger partial charge < -0.3 is 4.74 Å². The van der Waals surface area contributed by atoms with Crippen molar-refractivity contribution in [2.45, 2.75) is 38.7 Å². The van der Waals surface area contributed by atoms with Crippen molar-refractivity contribution in [1.82, 2.24) is 0 Å². The molecule has 0 fully saturated rings. The Labute approximate surface area is 96.9 Å². The molecule has 2 heteroatoms. The summed E-state index contributed by atoms with van der Waals surface area (Å²) in [5.74, 6) is 0.800. The monoisotopic (exact) mass is 213 g/mol. The molecule has 2 radical (unpaired) electrons. The van der Waals surface area contributed by atoms with E-state index in [0.29, 0.717) is 5.56 Å². The lowest BCUT2D eigenvalue weighted by Crippen LogP contribution is -2.37. The fraction of sp³-hybridized carbons (Fsp3) is 0.429. The zero-order chi connectivity index (χ0) is 11.6. The maximum Gasteiger partial charge on any atom is 0.125 e. The van der Waals surface area contributed by atoms with Crippen molar-refractivity contribution in [3.63, 3.8) is 0 Å². The van der Waals surface area contributed by atoms with Crippen molar-refractivity contribution in [2.75, 3.05) is 0 Å². The number of benzene rings is 1. The minimum Gasteiger partial charge on any atom is -0.487 e. The number of rotatable bonds is 2. The molecule has 1 aliphatic rings. The Morgan fingerprint density at radius 3 is 2.81 bits per heavy atom. The highest BCUT2D eigenvalue weighted by atomic mass is 16.5. The van der Waals surface area contributed by atoms with E-state index in [1.807, 2.05) is 12.1 Å². The molecule has 0 amide bonds. The number of ether oxygens (including phenoxy) is 1. The Bertz CT molecular complexity index is 427. The summed E-state index contributed by atoms with van der Waals surface area (Å²) >= 11 is 0. The van der Waals surface area contributed by atoms with E-state index in [9.17, 15) is 0 Å². The molecule has 1 aliphatic heterocycles. The van der Waals surface area contributed by atoms with Gasteiger partial charge in [0.15, 0.2) is 0 Å². The van der Waals surface area contributed by atoms with E-state index in [1.54, 1.807) is 6.07 Å². The number of hydrogen-bond acceptors (Lipinski definition) is 2. The van der Waals surface area contributed by atoms with Crippen molar-refractivity contribution < 1.29 is 4.74 Å². The lowest BCUT2D eigenvalue weighted by atomic mass is 9.85. The van der Waals surface area contributed by atoms with Gasteiger partial charge >= 0.3 is 0 Å². The van der Waals surface area contributed by atoms with Crippen LogP contribution in [0, 0.1) is 17.8 Å². The van der Waals surface area contributed by atoms with Crippen LogP contribution in [0.5, 0.6) is 5.75 Å². The fourth-order valence-corrected chi connectivity index (χ4v) is 2.05. The predicted molar refractivity (Wildman–Crippen MR) is 62.1 cm³/mol. The summed E-state index contributed by atoms with van der Waals surface area (Å²) in [6.07, 6.45) is 6.03. The standard InChI is InChI=1S/C14H15NO/c1-3-14(4-2)9-8-12-11(10-15)6-5-7-13(12)16-14/h5-7H,3-4,9H2,1-2H3. The van der Waals surface area contributed by atoms with Crippen LogP contribution in [0.4, 0.5) is 0 Å². The molecule has 0 aliphatic carbocycles. The predicted octanol–water partition coefficient (Wildman–Crippen LogP) is 3.33. The highest BCUT2D eigenvalue weighted by molar-refractivity contribution is 5.52. The van der Waals surface area contributed by atoms with Crippen molar-refractivity contribution in [3.05, 3.63) is 35.7 Å². The lowest BCUT2D eigenvalue weighted by Gasteiger charge is -2.37. The number of nitrogens with zero attached hydrogens (tertiary/aromatic N) is 1. The van der Waals surface area contributed by atoms with Gasteiger partial charge in [0.05, 0.1) is 11.6 Å². The van der Waals surface area contributed by atoms with Crippen molar-refractivity contribution in [1.29, 1.82) is 5.26 Å². The maximum absolute atomic E-state index is 8.99. The quantitative estimate of drug-likeness (QED) is 0.755. The molecule has 1 aromatic rings. The summed E-state index contributed by atoms with van der Waals surface area (Å²) in [5.41, 5.74) is 1.36. The summed E-state index contributed by atoms with van der Waals surface area (Å²) in [5, 5.41) is 8.99. The molecule has 1 aromatic carbocycles. The first-order chi connectivity index (χ1) is 7.74. The van der Waals surface area contributed by atoms with Crippen LogP contribution in [-0.4, -0.2) is 5.60 Å². The number of hydrogen-bond donors (Lipinski definition) is 0. The third-order valence-electron chi connectivity index (χ3n) is 3.35. The van der Waals surface area contributed by atoms with E-state index in [2.05, 4.69) is 26.3 Å². The molecule has 16 heavy (non-hydrogen) atoms. The van der Waals surface area contributed by atoms with Gasteiger partial charge in [0.1, 0.15) is 11.4 Å².